The Balaban J connectivity index is 1.04. The van der Waals surface area contributed by atoms with Gasteiger partial charge in [-0.25, -0.2) is 0 Å². The summed E-state index contributed by atoms with van der Waals surface area (Å²) in [7, 11) is 1.65. The number of hydrogen-bond donors (Lipinski definition) is 2. The molecule has 12 nitrogen and oxygen atoms in total. The van der Waals surface area contributed by atoms with E-state index in [1.165, 1.54) is 4.90 Å². The van der Waals surface area contributed by atoms with Gasteiger partial charge in [-0.15, -0.1) is 0 Å². The van der Waals surface area contributed by atoms with Gasteiger partial charge in [0.05, 0.1) is 5.56 Å². The average molecular weight is 619 g/mol. The van der Waals surface area contributed by atoms with Crippen molar-refractivity contribution in [1.29, 1.82) is 0 Å². The number of likely N-dealkylation sites (tertiary alicyclic amines) is 2. The van der Waals surface area contributed by atoms with E-state index in [4.69, 9.17) is 4.74 Å². The largest absolute Gasteiger partial charge is 0.490 e. The zero-order chi connectivity index (χ0) is 31.9. The minimum atomic E-state index is -0.391. The van der Waals surface area contributed by atoms with Gasteiger partial charge in [-0.1, -0.05) is 0 Å². The number of aldehydes is 1. The molecule has 3 fully saturated rings. The lowest BCUT2D eigenvalue weighted by Gasteiger charge is -2.55. The summed E-state index contributed by atoms with van der Waals surface area (Å²) in [6.07, 6.45) is 4.44. The summed E-state index contributed by atoms with van der Waals surface area (Å²) >= 11 is 0. The fourth-order valence-electron chi connectivity index (χ4n) is 6.26. The molecule has 240 valence electrons. The highest BCUT2D eigenvalue weighted by molar-refractivity contribution is 6.02. The number of ether oxygens (including phenoxy) is 1. The summed E-state index contributed by atoms with van der Waals surface area (Å²) < 4.78 is 6.17. The second kappa shape index (κ2) is 14.7. The van der Waals surface area contributed by atoms with E-state index in [1.807, 2.05) is 37.3 Å². The molecular formula is C33H42N6O6. The first-order valence-electron chi connectivity index (χ1n) is 15.6. The molecule has 3 saturated heterocycles. The monoisotopic (exact) mass is 618 g/mol. The number of rotatable bonds is 14. The molecule has 0 spiro atoms. The summed E-state index contributed by atoms with van der Waals surface area (Å²) in [4.78, 5) is 66.6. The number of imide groups is 1. The molecule has 3 heterocycles. The van der Waals surface area contributed by atoms with Crippen molar-refractivity contribution in [2.45, 2.75) is 56.8 Å². The van der Waals surface area contributed by atoms with Gasteiger partial charge in [0, 0.05) is 87.8 Å². The molecule has 1 atom stereocenters. The quantitative estimate of drug-likeness (QED) is 0.305. The van der Waals surface area contributed by atoms with E-state index in [1.54, 1.807) is 19.2 Å². The van der Waals surface area contributed by atoms with Crippen molar-refractivity contribution < 1.29 is 28.7 Å². The van der Waals surface area contributed by atoms with Crippen molar-refractivity contribution in [2.24, 2.45) is 0 Å². The van der Waals surface area contributed by atoms with Crippen LogP contribution in [0.25, 0.3) is 0 Å². The van der Waals surface area contributed by atoms with Crippen LogP contribution in [0.4, 0.5) is 11.4 Å². The average Bonchev–Trinajstić information content (AvgIpc) is 3.01. The summed E-state index contributed by atoms with van der Waals surface area (Å²) in [6.45, 7) is 7.76. The molecule has 3 aliphatic heterocycles. The number of nitrogens with one attached hydrogen (secondary N) is 2. The standard InChI is InChI=1S/C33H42N6O6/c1-23(3-10-32(43)35-22-42)36(2)33(44)31-9-6-26(15-24(31)20-40)38-18-28(19-38)39-16-27(17-39)37-13-11-30(12-14-37)45-29-7-4-25(5-8-29)34-21-41/h4-9,15,20-23,27-28,30H,3,10-14,16-19H2,1-2H3,(H,34,41)(H,35,42,43). The van der Waals surface area contributed by atoms with E-state index in [0.29, 0.717) is 42.5 Å². The highest BCUT2D eigenvalue weighted by Crippen LogP contribution is 2.31. The fraction of sp³-hybridized carbons (Fsp3) is 0.485. The number of hydrogen-bond acceptors (Lipinski definition) is 9. The Morgan fingerprint density at radius 2 is 1.64 bits per heavy atom. The molecule has 45 heavy (non-hydrogen) atoms. The van der Waals surface area contributed by atoms with E-state index in [-0.39, 0.29) is 24.5 Å². The SMILES string of the molecule is CC(CCC(=O)NC=O)N(C)C(=O)c1ccc(N2CC(N3CC(N4CCC(Oc5ccc(NC=O)cc5)CC4)C3)C2)cc1C=O. The summed E-state index contributed by atoms with van der Waals surface area (Å²) in [5.41, 5.74) is 2.36. The number of carbonyl (C=O) groups is 5. The van der Waals surface area contributed by atoms with Crippen molar-refractivity contribution in [3.63, 3.8) is 0 Å². The van der Waals surface area contributed by atoms with Gasteiger partial charge < -0.3 is 19.9 Å². The van der Waals surface area contributed by atoms with E-state index in [0.717, 1.165) is 75.5 Å². The van der Waals surface area contributed by atoms with Crippen molar-refractivity contribution in [3.05, 3.63) is 53.6 Å². The third kappa shape index (κ3) is 7.69. The number of benzene rings is 2. The third-order valence-corrected chi connectivity index (χ3v) is 9.39. The van der Waals surface area contributed by atoms with Gasteiger partial charge in [0.2, 0.25) is 18.7 Å². The zero-order valence-corrected chi connectivity index (χ0v) is 25.9. The molecule has 2 aromatic carbocycles. The van der Waals surface area contributed by atoms with Crippen LogP contribution in [0.3, 0.4) is 0 Å². The van der Waals surface area contributed by atoms with E-state index in [2.05, 4.69) is 25.3 Å². The van der Waals surface area contributed by atoms with E-state index >= 15 is 0 Å². The van der Waals surface area contributed by atoms with Crippen LogP contribution in [0.1, 0.15) is 53.3 Å². The Morgan fingerprint density at radius 1 is 0.956 bits per heavy atom. The lowest BCUT2D eigenvalue weighted by atomic mass is 9.95. The Kier molecular flexibility index (Phi) is 10.5. The first-order valence-corrected chi connectivity index (χ1v) is 15.6. The molecule has 2 N–H and O–H groups in total. The molecule has 0 aromatic heterocycles. The maximum Gasteiger partial charge on any atom is 0.254 e. The minimum Gasteiger partial charge on any atom is -0.490 e. The number of carbonyl (C=O) groups excluding carboxylic acids is 5. The highest BCUT2D eigenvalue weighted by Gasteiger charge is 2.42. The minimum absolute atomic E-state index is 0.123. The Bertz CT molecular complexity index is 1370. The molecule has 5 rings (SSSR count). The van der Waals surface area contributed by atoms with Gasteiger partial charge in [-0.3, -0.25) is 39.1 Å². The van der Waals surface area contributed by atoms with Crippen LogP contribution in [-0.4, -0.2) is 116 Å². The maximum atomic E-state index is 13.1. The van der Waals surface area contributed by atoms with Gasteiger partial charge in [0.15, 0.2) is 6.29 Å². The van der Waals surface area contributed by atoms with Gasteiger partial charge >= 0.3 is 0 Å². The second-order valence-corrected chi connectivity index (χ2v) is 12.2. The van der Waals surface area contributed by atoms with Crippen molar-refractivity contribution in [3.8, 4) is 5.75 Å². The van der Waals surface area contributed by atoms with Crippen molar-refractivity contribution in [1.82, 2.24) is 20.0 Å². The molecule has 0 aliphatic carbocycles. The number of nitrogens with zero attached hydrogens (tertiary/aromatic N) is 4. The molecule has 12 heteroatoms. The van der Waals surface area contributed by atoms with Crippen molar-refractivity contribution >= 4 is 42.3 Å². The molecule has 0 bridgehead atoms. The predicted octanol–water partition coefficient (Wildman–Crippen LogP) is 2.00. The van der Waals surface area contributed by atoms with Crippen LogP contribution in [0.15, 0.2) is 42.5 Å². The Morgan fingerprint density at radius 3 is 2.29 bits per heavy atom. The molecule has 0 saturated carbocycles. The van der Waals surface area contributed by atoms with Crippen LogP contribution >= 0.6 is 0 Å². The molecule has 1 unspecified atom stereocenters. The molecule has 0 radical (unpaired) electrons. The Hall–Kier alpha value is -4.29. The molecule has 3 aliphatic rings. The first-order chi connectivity index (χ1) is 21.8. The maximum absolute atomic E-state index is 13.1. The molecule has 2 aromatic rings. The second-order valence-electron chi connectivity index (χ2n) is 12.2. The van der Waals surface area contributed by atoms with E-state index in [9.17, 15) is 24.0 Å². The predicted molar refractivity (Wildman–Crippen MR) is 170 cm³/mol. The fourth-order valence-corrected chi connectivity index (χ4v) is 6.26. The van der Waals surface area contributed by atoms with Crippen LogP contribution < -0.4 is 20.3 Å². The van der Waals surface area contributed by atoms with Gasteiger partial charge in [-0.05, 0) is 68.7 Å². The smallest absolute Gasteiger partial charge is 0.254 e. The van der Waals surface area contributed by atoms with Crippen LogP contribution in [-0.2, 0) is 14.4 Å². The van der Waals surface area contributed by atoms with Gasteiger partial charge in [0.1, 0.15) is 11.9 Å². The lowest BCUT2D eigenvalue weighted by Crippen LogP contribution is -2.70. The third-order valence-electron chi connectivity index (χ3n) is 9.39. The first kappa shape index (κ1) is 32.1. The summed E-state index contributed by atoms with van der Waals surface area (Å²) in [6, 6.07) is 13.7. The molecular weight excluding hydrogens is 576 g/mol. The number of amides is 4. The van der Waals surface area contributed by atoms with Gasteiger partial charge in [0.25, 0.3) is 5.91 Å². The Labute approximate surface area is 263 Å². The lowest BCUT2D eigenvalue weighted by molar-refractivity contribution is -0.125. The van der Waals surface area contributed by atoms with Crippen LogP contribution in [0.5, 0.6) is 5.75 Å². The molecule has 4 amide bonds. The number of piperidine rings is 1. The normalized spacial score (nSPS) is 18.7. The summed E-state index contributed by atoms with van der Waals surface area (Å²) in [5.74, 6) is 0.156. The highest BCUT2D eigenvalue weighted by atomic mass is 16.5. The summed E-state index contributed by atoms with van der Waals surface area (Å²) in [5, 5.41) is 4.74. The zero-order valence-electron chi connectivity index (χ0n) is 25.9. The number of anilines is 2. The topological polar surface area (TPSA) is 132 Å². The van der Waals surface area contributed by atoms with Crippen LogP contribution in [0, 0.1) is 0 Å². The van der Waals surface area contributed by atoms with Gasteiger partial charge in [-0.2, -0.15) is 0 Å². The van der Waals surface area contributed by atoms with Crippen molar-refractivity contribution in [2.75, 3.05) is 56.5 Å². The van der Waals surface area contributed by atoms with Crippen LogP contribution in [0.2, 0.25) is 0 Å². The van der Waals surface area contributed by atoms with E-state index < -0.39 is 5.91 Å².